The fourth-order valence-electron chi connectivity index (χ4n) is 5.08. The summed E-state index contributed by atoms with van der Waals surface area (Å²) < 4.78 is 2.10. The van der Waals surface area contributed by atoms with Crippen LogP contribution in [0.1, 0.15) is 49.6 Å². The molecule has 2 aromatic carbocycles. The van der Waals surface area contributed by atoms with Gasteiger partial charge in [0.15, 0.2) is 0 Å². The molecule has 1 aliphatic heterocycles. The molecule has 1 aliphatic carbocycles. The lowest BCUT2D eigenvalue weighted by atomic mass is 9.91. The molecule has 5 rings (SSSR count). The summed E-state index contributed by atoms with van der Waals surface area (Å²) in [4.78, 5) is 20.4. The second-order valence-corrected chi connectivity index (χ2v) is 9.72. The molecule has 3 aromatic rings. The maximum absolute atomic E-state index is 13.4. The first-order valence-electron chi connectivity index (χ1n) is 11.8. The smallest absolute Gasteiger partial charge is 0.233 e. The number of carbonyl (C=O) groups is 1. The summed E-state index contributed by atoms with van der Waals surface area (Å²) in [7, 11) is 2.03. The number of aromatic nitrogens is 2. The molecule has 2 heterocycles. The van der Waals surface area contributed by atoms with E-state index in [4.69, 9.17) is 16.1 Å². The molecule has 1 aromatic heterocycles. The molecule has 4 N–H and O–H groups in total. The van der Waals surface area contributed by atoms with Crippen LogP contribution in [0.3, 0.4) is 0 Å². The van der Waals surface area contributed by atoms with E-state index in [1.54, 1.807) is 0 Å². The average Bonchev–Trinajstić information content (AvgIpc) is 3.57. The predicted molar refractivity (Wildman–Crippen MR) is 131 cm³/mol. The van der Waals surface area contributed by atoms with E-state index < -0.39 is 0 Å². The van der Waals surface area contributed by atoms with E-state index in [2.05, 4.69) is 39.9 Å². The number of carbonyl (C=O) groups excluding carboxylic acids is 1. The van der Waals surface area contributed by atoms with Gasteiger partial charge in [-0.2, -0.15) is 0 Å². The Labute approximate surface area is 194 Å². The Morgan fingerprint density at radius 3 is 2.67 bits per heavy atom. The molecule has 1 unspecified atom stereocenters. The van der Waals surface area contributed by atoms with Crippen LogP contribution >= 0.6 is 0 Å². The van der Waals surface area contributed by atoms with Gasteiger partial charge in [-0.25, -0.2) is 4.98 Å². The van der Waals surface area contributed by atoms with Gasteiger partial charge in [0.25, 0.3) is 0 Å². The van der Waals surface area contributed by atoms with Crippen molar-refractivity contribution in [1.29, 1.82) is 5.41 Å². The Morgan fingerprint density at radius 2 is 2.00 bits per heavy atom. The van der Waals surface area contributed by atoms with E-state index in [0.717, 1.165) is 60.5 Å². The molecule has 33 heavy (non-hydrogen) atoms. The molecular weight excluding hydrogens is 412 g/mol. The van der Waals surface area contributed by atoms with Crippen LogP contribution in [-0.4, -0.2) is 39.3 Å². The number of rotatable bonds is 6. The predicted octanol–water partition coefficient (Wildman–Crippen LogP) is 3.76. The van der Waals surface area contributed by atoms with Crippen LogP contribution in [-0.2, 0) is 23.8 Å². The Bertz CT molecular complexity index is 1210. The molecule has 0 radical (unpaired) electrons. The Morgan fingerprint density at radius 1 is 1.24 bits per heavy atom. The van der Waals surface area contributed by atoms with E-state index in [1.165, 1.54) is 6.42 Å². The lowest BCUT2D eigenvalue weighted by Crippen LogP contribution is -2.44. The molecule has 2 aliphatic rings. The van der Waals surface area contributed by atoms with Gasteiger partial charge in [-0.1, -0.05) is 13.0 Å². The highest BCUT2D eigenvalue weighted by Gasteiger charge is 2.53. The summed E-state index contributed by atoms with van der Waals surface area (Å²) in [5, 5.41) is 10.9. The van der Waals surface area contributed by atoms with Crippen molar-refractivity contribution < 1.29 is 4.79 Å². The van der Waals surface area contributed by atoms with Gasteiger partial charge in [0.2, 0.25) is 5.91 Å². The third kappa shape index (κ3) is 3.96. The van der Waals surface area contributed by atoms with E-state index >= 15 is 0 Å². The van der Waals surface area contributed by atoms with Crippen LogP contribution in [0, 0.1) is 11.3 Å². The monoisotopic (exact) mass is 444 g/mol. The van der Waals surface area contributed by atoms with E-state index in [1.807, 2.05) is 31.3 Å². The van der Waals surface area contributed by atoms with E-state index in [0.29, 0.717) is 23.9 Å². The number of imidazole rings is 1. The number of hydrogen-bond donors (Lipinski definition) is 3. The number of nitrogens with two attached hydrogens (primary N) is 1. The minimum atomic E-state index is -0.348. The number of nitrogen functional groups attached to an aromatic ring is 1. The molecule has 0 spiro atoms. The van der Waals surface area contributed by atoms with Crippen LogP contribution in [0.5, 0.6) is 0 Å². The first-order valence-corrected chi connectivity index (χ1v) is 11.8. The number of aryl methyl sites for hydroxylation is 1. The Hall–Kier alpha value is -3.35. The lowest BCUT2D eigenvalue weighted by molar-refractivity contribution is -0.135. The number of likely N-dealkylation sites (tertiary alicyclic amines) is 1. The summed E-state index contributed by atoms with van der Waals surface area (Å²) in [5.74, 6) is 1.89. The zero-order chi connectivity index (χ0) is 23.2. The van der Waals surface area contributed by atoms with Crippen molar-refractivity contribution in [3.05, 3.63) is 59.4 Å². The highest BCUT2D eigenvalue weighted by Crippen LogP contribution is 2.50. The third-order valence-electron chi connectivity index (χ3n) is 7.28. The first-order chi connectivity index (χ1) is 15.9. The van der Waals surface area contributed by atoms with Crippen molar-refractivity contribution in [2.45, 2.75) is 44.6 Å². The van der Waals surface area contributed by atoms with Gasteiger partial charge in [0.1, 0.15) is 11.7 Å². The standard InChI is InChI=1S/C26H32N6O/c1-17-4-3-13-32(16-17)25(33)26(11-12-26)19-7-10-22-21(14-19)30-23(31(22)2)15-29-20-8-5-18(6-9-20)24(27)28/h5-10,14,17,29H,3-4,11-13,15-16H2,1-2H3,(H3,27,28). The summed E-state index contributed by atoms with van der Waals surface area (Å²) in [6.45, 7) is 4.59. The number of hydrogen-bond acceptors (Lipinski definition) is 4. The van der Waals surface area contributed by atoms with Crippen molar-refractivity contribution in [3.8, 4) is 0 Å². The SMILES string of the molecule is CC1CCCN(C(=O)C2(c3ccc4c(c3)nc(CNc3ccc(C(=N)N)cc3)n4C)CC2)C1. The zero-order valence-electron chi connectivity index (χ0n) is 19.4. The van der Waals surface area contributed by atoms with Crippen molar-refractivity contribution in [2.75, 3.05) is 18.4 Å². The van der Waals surface area contributed by atoms with Gasteiger partial charge in [-0.3, -0.25) is 10.2 Å². The van der Waals surface area contributed by atoms with Crippen LogP contribution in [0.2, 0.25) is 0 Å². The van der Waals surface area contributed by atoms with Crippen LogP contribution in [0.25, 0.3) is 11.0 Å². The zero-order valence-corrected chi connectivity index (χ0v) is 19.4. The van der Waals surface area contributed by atoms with Crippen LogP contribution < -0.4 is 11.1 Å². The molecule has 7 nitrogen and oxygen atoms in total. The highest BCUT2D eigenvalue weighted by molar-refractivity contribution is 5.95. The Kier molecular flexibility index (Phi) is 5.35. The number of amides is 1. The number of piperidine rings is 1. The average molecular weight is 445 g/mol. The molecule has 1 saturated carbocycles. The molecule has 1 saturated heterocycles. The van der Waals surface area contributed by atoms with Crippen LogP contribution in [0.15, 0.2) is 42.5 Å². The Balaban J connectivity index is 1.34. The number of nitrogens with zero attached hydrogens (tertiary/aromatic N) is 3. The molecule has 172 valence electrons. The number of benzene rings is 2. The first kappa shape index (κ1) is 21.5. The van der Waals surface area contributed by atoms with Gasteiger partial charge < -0.3 is 20.5 Å². The highest BCUT2D eigenvalue weighted by atomic mass is 16.2. The van der Waals surface area contributed by atoms with E-state index in [9.17, 15) is 4.79 Å². The fourth-order valence-corrected chi connectivity index (χ4v) is 5.08. The molecular formula is C26H32N6O. The summed E-state index contributed by atoms with van der Waals surface area (Å²) >= 11 is 0. The maximum atomic E-state index is 13.4. The van der Waals surface area contributed by atoms with Crippen molar-refractivity contribution in [2.24, 2.45) is 18.7 Å². The van der Waals surface area contributed by atoms with Gasteiger partial charge in [-0.05, 0) is 73.6 Å². The second kappa shape index (κ2) is 8.21. The summed E-state index contributed by atoms with van der Waals surface area (Å²) in [6.07, 6.45) is 4.18. The lowest BCUT2D eigenvalue weighted by Gasteiger charge is -2.34. The largest absolute Gasteiger partial charge is 0.384 e. The molecule has 7 heteroatoms. The minimum Gasteiger partial charge on any atom is -0.384 e. The second-order valence-electron chi connectivity index (χ2n) is 9.72. The van der Waals surface area contributed by atoms with Crippen LogP contribution in [0.4, 0.5) is 5.69 Å². The van der Waals surface area contributed by atoms with Crippen molar-refractivity contribution in [3.63, 3.8) is 0 Å². The summed E-state index contributed by atoms with van der Waals surface area (Å²) in [6, 6.07) is 13.9. The molecule has 2 fully saturated rings. The number of anilines is 1. The number of fused-ring (bicyclic) bond motifs is 1. The quantitative estimate of drug-likeness (QED) is 0.398. The van der Waals surface area contributed by atoms with Gasteiger partial charge in [0, 0.05) is 31.4 Å². The van der Waals surface area contributed by atoms with Crippen molar-refractivity contribution >= 4 is 28.5 Å². The normalized spacial score (nSPS) is 19.5. The minimum absolute atomic E-state index is 0.0643. The van der Waals surface area contributed by atoms with E-state index in [-0.39, 0.29) is 11.3 Å². The molecule has 1 amide bonds. The fraction of sp³-hybridized carbons (Fsp3) is 0.423. The number of nitrogens with one attached hydrogen (secondary N) is 2. The number of amidine groups is 1. The molecule has 1 atom stereocenters. The maximum Gasteiger partial charge on any atom is 0.233 e. The van der Waals surface area contributed by atoms with Crippen molar-refractivity contribution in [1.82, 2.24) is 14.5 Å². The third-order valence-corrected chi connectivity index (χ3v) is 7.28. The van der Waals surface area contributed by atoms with Gasteiger partial charge >= 0.3 is 0 Å². The molecule has 0 bridgehead atoms. The van der Waals surface area contributed by atoms with Gasteiger partial charge in [-0.15, -0.1) is 0 Å². The van der Waals surface area contributed by atoms with Gasteiger partial charge in [0.05, 0.1) is 23.0 Å². The topological polar surface area (TPSA) is 100 Å². The summed E-state index contributed by atoms with van der Waals surface area (Å²) in [5.41, 5.74) is 9.95.